The van der Waals surface area contributed by atoms with Gasteiger partial charge in [0.1, 0.15) is 5.82 Å². The first-order chi connectivity index (χ1) is 15.8. The molecule has 5 nitrogen and oxygen atoms in total. The molecular formula is C24H26ClF4N3O2. The minimum Gasteiger partial charge on any atom is -0.364 e. The molecule has 0 radical (unpaired) electrons. The molecule has 1 unspecified atom stereocenters. The van der Waals surface area contributed by atoms with Gasteiger partial charge in [-0.15, -0.1) is 25.6 Å². The van der Waals surface area contributed by atoms with Gasteiger partial charge in [-0.25, -0.2) is 4.39 Å². The molecule has 0 bridgehead atoms. The van der Waals surface area contributed by atoms with Crippen LogP contribution in [0.2, 0.25) is 0 Å². The Morgan fingerprint density at radius 1 is 1.18 bits per heavy atom. The van der Waals surface area contributed by atoms with E-state index in [-0.39, 0.29) is 30.8 Å². The van der Waals surface area contributed by atoms with Crippen molar-refractivity contribution in [2.75, 3.05) is 18.1 Å². The molecule has 0 amide bonds. The number of carbonyl (C=O) groups excluding carboxylic acids is 1. The third-order valence-corrected chi connectivity index (χ3v) is 6.11. The highest BCUT2D eigenvalue weighted by atomic mass is 35.5. The number of benzene rings is 2. The summed E-state index contributed by atoms with van der Waals surface area (Å²) in [6.45, 7) is 0.327. The van der Waals surface area contributed by atoms with E-state index in [4.69, 9.17) is 5.73 Å². The molecule has 1 aliphatic heterocycles. The fourth-order valence-corrected chi connectivity index (χ4v) is 4.66. The lowest BCUT2D eigenvalue weighted by Gasteiger charge is -2.38. The Hall–Kier alpha value is -2.62. The van der Waals surface area contributed by atoms with Gasteiger partial charge in [-0.2, -0.15) is 0 Å². The molecular weight excluding hydrogens is 474 g/mol. The third-order valence-electron chi connectivity index (χ3n) is 6.11. The summed E-state index contributed by atoms with van der Waals surface area (Å²) in [5.74, 6) is -0.311. The number of alkyl halides is 3. The summed E-state index contributed by atoms with van der Waals surface area (Å²) in [6.07, 6.45) is 0.0844. The molecule has 4 rings (SSSR count). The molecule has 1 saturated heterocycles. The number of nitrogens with two attached hydrogens (primary N) is 1. The predicted octanol–water partition coefficient (Wildman–Crippen LogP) is 5.74. The van der Waals surface area contributed by atoms with E-state index in [9.17, 15) is 22.4 Å². The summed E-state index contributed by atoms with van der Waals surface area (Å²) in [6, 6.07) is 10.1. The van der Waals surface area contributed by atoms with E-state index in [1.807, 2.05) is 6.07 Å². The summed E-state index contributed by atoms with van der Waals surface area (Å²) in [5.41, 5.74) is 8.91. The van der Waals surface area contributed by atoms with Gasteiger partial charge in [0.15, 0.2) is 6.29 Å². The van der Waals surface area contributed by atoms with E-state index in [1.54, 1.807) is 28.8 Å². The number of ether oxygens (including phenoxy) is 1. The van der Waals surface area contributed by atoms with Crippen LogP contribution >= 0.6 is 12.4 Å². The summed E-state index contributed by atoms with van der Waals surface area (Å²) < 4.78 is 57.6. The normalized spacial score (nSPS) is 16.5. The SMILES string of the molecule is Cl.NCc1ccc(F)c(C2CCCCN2c2cccc3c2c(C=O)cn3CCOC(F)(F)F)c1. The Balaban J connectivity index is 0.00000324. The van der Waals surface area contributed by atoms with E-state index < -0.39 is 13.0 Å². The van der Waals surface area contributed by atoms with Gasteiger partial charge in [0.2, 0.25) is 0 Å². The first-order valence-corrected chi connectivity index (χ1v) is 10.8. The van der Waals surface area contributed by atoms with Crippen molar-refractivity contribution in [1.82, 2.24) is 4.57 Å². The van der Waals surface area contributed by atoms with Crippen molar-refractivity contribution in [2.45, 2.75) is 44.8 Å². The molecule has 10 heteroatoms. The Labute approximate surface area is 200 Å². The number of piperidine rings is 1. The highest BCUT2D eigenvalue weighted by molar-refractivity contribution is 6.05. The zero-order chi connectivity index (χ0) is 23.6. The Bertz CT molecular complexity index is 1150. The fraction of sp³-hybridized carbons (Fsp3) is 0.375. The minimum atomic E-state index is -4.72. The molecule has 0 spiro atoms. The highest BCUT2D eigenvalue weighted by Gasteiger charge is 2.30. The zero-order valence-electron chi connectivity index (χ0n) is 18.4. The molecule has 184 valence electrons. The maximum atomic E-state index is 14.8. The second-order valence-electron chi connectivity index (χ2n) is 8.13. The lowest BCUT2D eigenvalue weighted by Crippen LogP contribution is -2.34. The van der Waals surface area contributed by atoms with Crippen LogP contribution in [-0.4, -0.2) is 30.4 Å². The van der Waals surface area contributed by atoms with Crippen LogP contribution in [0.4, 0.5) is 23.2 Å². The van der Waals surface area contributed by atoms with Crippen LogP contribution in [0.5, 0.6) is 0 Å². The van der Waals surface area contributed by atoms with E-state index in [1.165, 1.54) is 12.3 Å². The highest BCUT2D eigenvalue weighted by Crippen LogP contribution is 2.40. The number of carbonyl (C=O) groups is 1. The van der Waals surface area contributed by atoms with Gasteiger partial charge in [-0.05, 0) is 49.1 Å². The van der Waals surface area contributed by atoms with Crippen LogP contribution in [0.3, 0.4) is 0 Å². The molecule has 1 atom stereocenters. The Morgan fingerprint density at radius 3 is 2.68 bits per heavy atom. The van der Waals surface area contributed by atoms with Crippen LogP contribution in [0, 0.1) is 5.82 Å². The van der Waals surface area contributed by atoms with Crippen molar-refractivity contribution in [3.63, 3.8) is 0 Å². The smallest absolute Gasteiger partial charge is 0.364 e. The predicted molar refractivity (Wildman–Crippen MR) is 125 cm³/mol. The van der Waals surface area contributed by atoms with E-state index in [0.717, 1.165) is 30.5 Å². The number of halogens is 5. The van der Waals surface area contributed by atoms with Gasteiger partial charge in [-0.3, -0.25) is 9.53 Å². The second kappa shape index (κ2) is 10.8. The van der Waals surface area contributed by atoms with E-state index in [0.29, 0.717) is 41.4 Å². The van der Waals surface area contributed by atoms with Gasteiger partial charge in [-0.1, -0.05) is 12.1 Å². The molecule has 34 heavy (non-hydrogen) atoms. The van der Waals surface area contributed by atoms with Gasteiger partial charge in [0, 0.05) is 48.0 Å². The average Bonchev–Trinajstić information content (AvgIpc) is 3.17. The topological polar surface area (TPSA) is 60.5 Å². The number of rotatable bonds is 7. The summed E-state index contributed by atoms with van der Waals surface area (Å²) in [4.78, 5) is 14.0. The van der Waals surface area contributed by atoms with Crippen LogP contribution in [0.15, 0.2) is 42.6 Å². The first-order valence-electron chi connectivity index (χ1n) is 10.8. The molecule has 0 aliphatic carbocycles. The standard InChI is InChI=1S/C24H25F4N3O2.ClH/c25-19-8-7-16(13-29)12-18(19)20-4-1-2-9-31(20)22-6-3-5-21-23(22)17(15-32)14-30(21)10-11-33-24(26,27)28;/h3,5-8,12,14-15,20H,1-2,4,9-11,13,29H2;1H. The molecule has 1 aromatic heterocycles. The van der Waals surface area contributed by atoms with Gasteiger partial charge < -0.3 is 15.2 Å². The van der Waals surface area contributed by atoms with Crippen LogP contribution in [0.25, 0.3) is 10.9 Å². The van der Waals surface area contributed by atoms with Crippen molar-refractivity contribution in [3.05, 3.63) is 65.1 Å². The molecule has 1 fully saturated rings. The minimum absolute atomic E-state index is 0. The number of aldehydes is 1. The molecule has 2 heterocycles. The summed E-state index contributed by atoms with van der Waals surface area (Å²) in [5, 5.41) is 0.641. The van der Waals surface area contributed by atoms with Gasteiger partial charge in [0.05, 0.1) is 18.2 Å². The van der Waals surface area contributed by atoms with Crippen molar-refractivity contribution in [3.8, 4) is 0 Å². The van der Waals surface area contributed by atoms with Crippen LogP contribution in [-0.2, 0) is 17.8 Å². The van der Waals surface area contributed by atoms with Gasteiger partial charge in [0.25, 0.3) is 0 Å². The lowest BCUT2D eigenvalue weighted by atomic mass is 9.92. The zero-order valence-corrected chi connectivity index (χ0v) is 19.2. The number of anilines is 1. The maximum absolute atomic E-state index is 14.8. The monoisotopic (exact) mass is 499 g/mol. The second-order valence-corrected chi connectivity index (χ2v) is 8.13. The van der Waals surface area contributed by atoms with Gasteiger partial charge >= 0.3 is 6.36 Å². The summed E-state index contributed by atoms with van der Waals surface area (Å²) >= 11 is 0. The number of aromatic nitrogens is 1. The Morgan fingerprint density at radius 2 is 1.97 bits per heavy atom. The molecule has 2 aromatic carbocycles. The number of hydrogen-bond acceptors (Lipinski definition) is 4. The van der Waals surface area contributed by atoms with E-state index in [2.05, 4.69) is 9.64 Å². The summed E-state index contributed by atoms with van der Waals surface area (Å²) in [7, 11) is 0. The maximum Gasteiger partial charge on any atom is 0.522 e. The van der Waals surface area contributed by atoms with Crippen molar-refractivity contribution >= 4 is 35.3 Å². The Kier molecular flexibility index (Phi) is 8.22. The quantitative estimate of drug-likeness (QED) is 0.332. The first kappa shape index (κ1) is 26.0. The van der Waals surface area contributed by atoms with Crippen molar-refractivity contribution < 1.29 is 27.1 Å². The van der Waals surface area contributed by atoms with E-state index >= 15 is 0 Å². The molecule has 2 N–H and O–H groups in total. The number of fused-ring (bicyclic) bond motifs is 1. The lowest BCUT2D eigenvalue weighted by molar-refractivity contribution is -0.325. The average molecular weight is 500 g/mol. The molecule has 0 saturated carbocycles. The van der Waals surface area contributed by atoms with Crippen LogP contribution in [0.1, 0.15) is 46.8 Å². The number of nitrogens with zero attached hydrogens (tertiary/aromatic N) is 2. The molecule has 1 aliphatic rings. The van der Waals surface area contributed by atoms with Crippen LogP contribution < -0.4 is 10.6 Å². The fourth-order valence-electron chi connectivity index (χ4n) is 4.66. The van der Waals surface area contributed by atoms with Crippen molar-refractivity contribution in [1.29, 1.82) is 0 Å². The number of hydrogen-bond donors (Lipinski definition) is 1. The molecule has 3 aromatic rings. The van der Waals surface area contributed by atoms with Crippen molar-refractivity contribution in [2.24, 2.45) is 5.73 Å². The third kappa shape index (κ3) is 5.37. The largest absolute Gasteiger partial charge is 0.522 e.